The Labute approximate surface area is 476 Å². The summed E-state index contributed by atoms with van der Waals surface area (Å²) in [5.41, 5.74) is 20.7. The standard InChI is InChI=1S/C77H54N2O2Si/c1-47-31-34-50(35-32-47)79(70-28-16-24-63-59-21-10-14-30-72(59)81-76(63)70)53-39-42-61-64(46-53)55-17-5-6-22-60(55)73-65-44-48-33-36-52(43-49(48)45-68(65)77(74(61)73)66-25-11-7-18-56(66)57-19-8-12-26-67(57)77)78(51-37-40-54(41-38-51)82(2,3)4)69-27-15-23-62-58-20-9-13-29-71(58)80-75(62)69/h5-46H,1-4H3. The van der Waals surface area contributed by atoms with E-state index in [-0.39, 0.29) is 0 Å². The van der Waals surface area contributed by atoms with Crippen molar-refractivity contribution in [2.45, 2.75) is 32.0 Å². The fourth-order valence-electron chi connectivity index (χ4n) is 14.3. The zero-order valence-corrected chi connectivity index (χ0v) is 47.0. The molecule has 13 aromatic carbocycles. The molecule has 0 aliphatic heterocycles. The Kier molecular flexibility index (Phi) is 9.89. The summed E-state index contributed by atoms with van der Waals surface area (Å²) >= 11 is 0. The number of benzene rings is 13. The minimum absolute atomic E-state index is 0.644. The van der Waals surface area contributed by atoms with Gasteiger partial charge in [0, 0.05) is 44.3 Å². The SMILES string of the molecule is Cc1ccc(N(c2ccc3c4c(c5ccccc5c3c2)-c2cc3ccc(N(c5ccc([Si](C)(C)C)cc5)c5cccc6c5oc5ccccc56)cc3cc2C42c3ccccc3-c3ccccc32)c2cccc3c2oc2ccccc23)cc1. The van der Waals surface area contributed by atoms with Crippen LogP contribution in [0.4, 0.5) is 34.1 Å². The van der Waals surface area contributed by atoms with Crippen molar-refractivity contribution in [2.24, 2.45) is 0 Å². The Hall–Kier alpha value is -9.94. The average molecular weight is 1070 g/mol. The number of nitrogens with zero attached hydrogens (tertiary/aromatic N) is 2. The molecule has 0 saturated carbocycles. The number of aryl methyl sites for hydroxylation is 1. The Balaban J connectivity index is 0.929. The van der Waals surface area contributed by atoms with E-state index in [0.717, 1.165) is 78.0 Å². The molecule has 5 heteroatoms. The molecule has 15 aromatic rings. The van der Waals surface area contributed by atoms with Crippen molar-refractivity contribution in [1.82, 2.24) is 0 Å². The third kappa shape index (κ3) is 6.60. The van der Waals surface area contributed by atoms with Crippen LogP contribution in [0.3, 0.4) is 0 Å². The van der Waals surface area contributed by atoms with Gasteiger partial charge in [0.05, 0.1) is 24.9 Å². The zero-order chi connectivity index (χ0) is 54.6. The summed E-state index contributed by atoms with van der Waals surface area (Å²) in [6.07, 6.45) is 0. The second-order valence-electron chi connectivity index (χ2n) is 23.6. The lowest BCUT2D eigenvalue weighted by molar-refractivity contribution is 0.668. The van der Waals surface area contributed by atoms with E-state index in [1.54, 1.807) is 0 Å². The second-order valence-corrected chi connectivity index (χ2v) is 28.7. The molecular weight excluding hydrogens is 1010 g/mol. The van der Waals surface area contributed by atoms with Crippen LogP contribution >= 0.6 is 0 Å². The lowest BCUT2D eigenvalue weighted by Gasteiger charge is -2.32. The van der Waals surface area contributed by atoms with Crippen LogP contribution in [0.2, 0.25) is 19.6 Å². The third-order valence-electron chi connectivity index (χ3n) is 18.0. The van der Waals surface area contributed by atoms with Crippen molar-refractivity contribution in [3.8, 4) is 22.3 Å². The van der Waals surface area contributed by atoms with E-state index in [4.69, 9.17) is 8.83 Å². The van der Waals surface area contributed by atoms with Gasteiger partial charge in [-0.1, -0.05) is 200 Å². The van der Waals surface area contributed by atoms with Crippen molar-refractivity contribution < 1.29 is 8.83 Å². The van der Waals surface area contributed by atoms with Crippen molar-refractivity contribution in [3.05, 3.63) is 283 Å². The number of para-hydroxylation sites is 4. The van der Waals surface area contributed by atoms with Crippen LogP contribution in [0.5, 0.6) is 0 Å². The van der Waals surface area contributed by atoms with Gasteiger partial charge in [-0.25, -0.2) is 0 Å². The molecule has 2 heterocycles. The molecule has 82 heavy (non-hydrogen) atoms. The molecule has 17 rings (SSSR count). The maximum Gasteiger partial charge on any atom is 0.159 e. The van der Waals surface area contributed by atoms with Crippen LogP contribution in [0.15, 0.2) is 264 Å². The normalized spacial score (nSPS) is 13.2. The van der Waals surface area contributed by atoms with Crippen molar-refractivity contribution in [1.29, 1.82) is 0 Å². The van der Waals surface area contributed by atoms with E-state index in [1.807, 2.05) is 0 Å². The highest BCUT2D eigenvalue weighted by Crippen LogP contribution is 2.66. The third-order valence-corrected chi connectivity index (χ3v) is 20.1. The Morgan fingerprint density at radius 1 is 0.341 bits per heavy atom. The summed E-state index contributed by atoms with van der Waals surface area (Å²) in [6, 6.07) is 94.9. The number of furan rings is 2. The van der Waals surface area contributed by atoms with Gasteiger partial charge >= 0.3 is 0 Å². The van der Waals surface area contributed by atoms with E-state index >= 15 is 0 Å². The molecular formula is C77H54N2O2Si. The van der Waals surface area contributed by atoms with Crippen molar-refractivity contribution in [3.63, 3.8) is 0 Å². The largest absolute Gasteiger partial charge is 0.454 e. The van der Waals surface area contributed by atoms with E-state index in [0.29, 0.717) is 0 Å². The van der Waals surface area contributed by atoms with E-state index < -0.39 is 13.5 Å². The molecule has 2 aromatic heterocycles. The van der Waals surface area contributed by atoms with Crippen LogP contribution in [-0.4, -0.2) is 8.07 Å². The molecule has 2 aliphatic rings. The molecule has 388 valence electrons. The van der Waals surface area contributed by atoms with Crippen LogP contribution in [0, 0.1) is 6.92 Å². The molecule has 0 atom stereocenters. The first-order valence-corrected chi connectivity index (χ1v) is 32.1. The highest BCUT2D eigenvalue weighted by atomic mass is 28.3. The minimum atomic E-state index is -1.59. The van der Waals surface area contributed by atoms with Gasteiger partial charge in [-0.15, -0.1) is 0 Å². The fraction of sp³-hybridized carbons (Fsp3) is 0.0649. The Morgan fingerprint density at radius 3 is 1.45 bits per heavy atom. The summed E-state index contributed by atoms with van der Waals surface area (Å²) in [4.78, 5) is 4.79. The Bertz CT molecular complexity index is 5130. The van der Waals surface area contributed by atoms with E-state index in [2.05, 4.69) is 291 Å². The summed E-state index contributed by atoms with van der Waals surface area (Å²) < 4.78 is 13.6. The quantitative estimate of drug-likeness (QED) is 0.118. The molecule has 0 saturated heterocycles. The minimum Gasteiger partial charge on any atom is -0.454 e. The van der Waals surface area contributed by atoms with Crippen molar-refractivity contribution >= 4 is 124 Å². The van der Waals surface area contributed by atoms with Gasteiger partial charge in [-0.05, 0) is 169 Å². The first-order chi connectivity index (χ1) is 40.2. The maximum absolute atomic E-state index is 6.83. The zero-order valence-electron chi connectivity index (χ0n) is 46.0. The van der Waals surface area contributed by atoms with Gasteiger partial charge in [0.2, 0.25) is 0 Å². The molecule has 0 N–H and O–H groups in total. The van der Waals surface area contributed by atoms with Gasteiger partial charge in [0.25, 0.3) is 0 Å². The summed E-state index contributed by atoms with van der Waals surface area (Å²) in [5, 5.41) is 13.1. The highest BCUT2D eigenvalue weighted by Gasteiger charge is 2.53. The number of anilines is 6. The lowest BCUT2D eigenvalue weighted by atomic mass is 9.69. The molecule has 0 radical (unpaired) electrons. The number of hydrogen-bond acceptors (Lipinski definition) is 4. The Morgan fingerprint density at radius 2 is 0.841 bits per heavy atom. The second kappa shape index (κ2) is 17.3. The van der Waals surface area contributed by atoms with Crippen LogP contribution < -0.4 is 15.0 Å². The lowest BCUT2D eigenvalue weighted by Crippen LogP contribution is -2.37. The predicted molar refractivity (Wildman–Crippen MR) is 347 cm³/mol. The number of hydrogen-bond donors (Lipinski definition) is 0. The topological polar surface area (TPSA) is 32.8 Å². The summed E-state index contributed by atoms with van der Waals surface area (Å²) in [6.45, 7) is 9.39. The number of rotatable bonds is 7. The molecule has 0 amide bonds. The number of fused-ring (bicyclic) bond motifs is 22. The van der Waals surface area contributed by atoms with Crippen LogP contribution in [0.1, 0.15) is 27.8 Å². The average Bonchev–Trinajstić information content (AvgIpc) is 2.51. The van der Waals surface area contributed by atoms with Gasteiger partial charge < -0.3 is 18.6 Å². The molecule has 4 nitrogen and oxygen atoms in total. The van der Waals surface area contributed by atoms with E-state index in [9.17, 15) is 0 Å². The predicted octanol–water partition coefficient (Wildman–Crippen LogP) is 21.1. The smallest absolute Gasteiger partial charge is 0.159 e. The summed E-state index contributed by atoms with van der Waals surface area (Å²) in [5.74, 6) is 0. The van der Waals surface area contributed by atoms with Crippen molar-refractivity contribution in [2.75, 3.05) is 9.80 Å². The molecule has 0 fully saturated rings. The fourth-order valence-corrected chi connectivity index (χ4v) is 15.5. The molecule has 0 bridgehead atoms. The molecule has 2 aliphatic carbocycles. The highest BCUT2D eigenvalue weighted by molar-refractivity contribution is 6.88. The molecule has 0 unspecified atom stereocenters. The monoisotopic (exact) mass is 1070 g/mol. The van der Waals surface area contributed by atoms with Gasteiger partial charge in [0.15, 0.2) is 11.2 Å². The first kappa shape index (κ1) is 46.9. The summed E-state index contributed by atoms with van der Waals surface area (Å²) in [7, 11) is -1.59. The maximum atomic E-state index is 6.83. The first-order valence-electron chi connectivity index (χ1n) is 28.6. The van der Waals surface area contributed by atoms with Gasteiger partial charge in [-0.2, -0.15) is 0 Å². The van der Waals surface area contributed by atoms with E-state index in [1.165, 1.54) is 87.6 Å². The molecule has 1 spiro atoms. The van der Waals surface area contributed by atoms with Crippen LogP contribution in [-0.2, 0) is 5.41 Å². The van der Waals surface area contributed by atoms with Crippen LogP contribution in [0.25, 0.3) is 98.4 Å². The van der Waals surface area contributed by atoms with Gasteiger partial charge in [0.1, 0.15) is 11.2 Å². The van der Waals surface area contributed by atoms with Gasteiger partial charge in [-0.3, -0.25) is 0 Å².